The van der Waals surface area contributed by atoms with E-state index in [1.807, 2.05) is 0 Å². The normalized spacial score (nSPS) is 8.92. The summed E-state index contributed by atoms with van der Waals surface area (Å²) < 4.78 is 0. The first-order valence-electron chi connectivity index (χ1n) is 10.9. The summed E-state index contributed by atoms with van der Waals surface area (Å²) in [6, 6.07) is 0. The van der Waals surface area contributed by atoms with E-state index in [1.165, 1.54) is 0 Å². The first kappa shape index (κ1) is 76.3. The summed E-state index contributed by atoms with van der Waals surface area (Å²) in [7, 11) is 0. The number of aliphatic carboxylic acids is 8. The topological polar surface area (TPSA) is 334 Å². The average Bonchev–Trinajstić information content (AvgIpc) is 2.72. The summed E-state index contributed by atoms with van der Waals surface area (Å²) in [5, 5.41) is 83.2. The van der Waals surface area contributed by atoms with Gasteiger partial charge in [-0.1, -0.05) is 0 Å². The van der Waals surface area contributed by atoms with Crippen LogP contribution in [0.5, 0.6) is 0 Å². The largest absolute Gasteiger partial charge is 1.00 e. The van der Waals surface area contributed by atoms with E-state index in [0.717, 1.165) is 19.6 Å². The minimum absolute atomic E-state index is 0. The van der Waals surface area contributed by atoms with Crippen LogP contribution in [0.2, 0.25) is 0 Å². The molecule has 0 aromatic rings. The molecule has 0 bridgehead atoms. The molecule has 0 fully saturated rings. The summed E-state index contributed by atoms with van der Waals surface area (Å²) in [6.45, 7) is -6.50. The number of carbonyl (C=O) groups excluding carboxylic acids is 8. The molecule has 0 aliphatic carbocycles. The number of hydrogen-bond acceptors (Lipinski definition) is 20. The Bertz CT molecular complexity index is 734. The second kappa shape index (κ2) is 46.8. The molecule has 28 heteroatoms. The molecule has 0 N–H and O–H groups in total. The number of carboxylic acids is 8. The first-order valence-corrected chi connectivity index (χ1v) is 10.9. The van der Waals surface area contributed by atoms with Gasteiger partial charge in [-0.2, -0.15) is 0 Å². The number of carbonyl (C=O) groups is 8. The smallest absolute Gasteiger partial charge is 0.549 e. The van der Waals surface area contributed by atoms with Crippen molar-refractivity contribution in [3.8, 4) is 0 Å². The molecular weight excluding hydrogens is 736 g/mol. The van der Waals surface area contributed by atoms with Gasteiger partial charge in [0.25, 0.3) is 0 Å². The van der Waals surface area contributed by atoms with Gasteiger partial charge in [0.2, 0.25) is 0 Å². The van der Waals surface area contributed by atoms with E-state index in [-0.39, 0.29) is 263 Å². The molecule has 0 unspecified atom stereocenters. The van der Waals surface area contributed by atoms with Crippen molar-refractivity contribution in [2.75, 3.05) is 78.5 Å². The van der Waals surface area contributed by atoms with Crippen LogP contribution in [0.25, 0.3) is 0 Å². The van der Waals surface area contributed by atoms with E-state index in [0.29, 0.717) is 0 Å². The Morgan fingerprint density at radius 2 is 0.333 bits per heavy atom. The molecule has 0 aromatic heterocycles. The van der Waals surface area contributed by atoms with Gasteiger partial charge in [-0.15, -0.1) is 0 Å². The number of carboxylic acid groups (broad SMARTS) is 8. The van der Waals surface area contributed by atoms with E-state index in [4.69, 9.17) is 0 Å². The third kappa shape index (κ3) is 56.3. The molecule has 0 aliphatic heterocycles. The monoisotopic (exact) mass is 760 g/mol. The summed E-state index contributed by atoms with van der Waals surface area (Å²) >= 11 is 0. The van der Waals surface area contributed by atoms with Crippen LogP contribution < -0.4 is 277 Å². The zero-order chi connectivity index (χ0) is 31.4. The molecule has 0 radical (unpaired) electrons. The molecule has 0 spiro atoms. The number of nitrogens with zero attached hydrogens (tertiary/aromatic N) is 4. The Morgan fingerprint density at radius 3 is 0.396 bits per heavy atom. The average molecular weight is 760 g/mol. The van der Waals surface area contributed by atoms with Crippen LogP contribution in [-0.2, 0) is 38.4 Å². The van der Waals surface area contributed by atoms with Gasteiger partial charge in [0, 0.05) is 78.5 Å². The second-order valence-electron chi connectivity index (χ2n) is 7.82. The maximum Gasteiger partial charge on any atom is 1.00 e. The number of rotatable bonds is 22. The molecule has 0 rings (SSSR count). The van der Waals surface area contributed by atoms with E-state index < -0.39 is 100 Å². The first-order chi connectivity index (χ1) is 18.4. The van der Waals surface area contributed by atoms with Crippen molar-refractivity contribution in [1.82, 2.24) is 19.6 Å². The van der Waals surface area contributed by atoms with Crippen molar-refractivity contribution < 1.29 is 316 Å². The fourth-order valence-corrected chi connectivity index (χ4v) is 2.88. The second-order valence-corrected chi connectivity index (χ2v) is 7.82. The van der Waals surface area contributed by atoms with Crippen LogP contribution in [0, 0.1) is 0 Å². The van der Waals surface area contributed by atoms with Crippen LogP contribution in [0.4, 0.5) is 0 Å². The number of hydrogen-bond donors (Lipinski definition) is 0. The molecule has 20 nitrogen and oxygen atoms in total. The molecule has 0 atom stereocenters. The Kier molecular flexibility index (Phi) is 74.4. The Morgan fingerprint density at radius 1 is 0.250 bits per heavy atom. The summed E-state index contributed by atoms with van der Waals surface area (Å²) in [5.41, 5.74) is 0. The predicted octanol–water partition coefficient (Wildman–Crippen LogP) is -38.8. The molecule has 0 aromatic carbocycles. The molecule has 48 heavy (non-hydrogen) atoms. The molecular formula is C20H24N4Na8O16. The molecule has 0 heterocycles. The third-order valence-corrected chi connectivity index (χ3v) is 4.29. The van der Waals surface area contributed by atoms with Gasteiger partial charge >= 0.3 is 236 Å². The van der Waals surface area contributed by atoms with Gasteiger partial charge in [0.15, 0.2) is 0 Å². The van der Waals surface area contributed by atoms with Crippen molar-refractivity contribution in [2.24, 2.45) is 0 Å². The van der Waals surface area contributed by atoms with Gasteiger partial charge in [0.1, 0.15) is 0 Å². The standard InChI is InChI=1S/2C10H16N2O8.8Na/c2*13-7(14)3-11(4-8(15)16)1-2-12(5-9(17)18)6-10(19)20;;;;;;;;/h2*1-6H2,(H,13,14)(H,15,16)(H,17,18)(H,19,20);;;;;;;;/q;;8*+1/p-8. The minimum atomic E-state index is -1.53. The van der Waals surface area contributed by atoms with Crippen LogP contribution >= 0.6 is 0 Å². The van der Waals surface area contributed by atoms with Crippen molar-refractivity contribution in [3.05, 3.63) is 0 Å². The fraction of sp³-hybridized carbons (Fsp3) is 0.600. The van der Waals surface area contributed by atoms with E-state index >= 15 is 0 Å². The van der Waals surface area contributed by atoms with Gasteiger partial charge in [0.05, 0.1) is 47.8 Å². The summed E-state index contributed by atoms with van der Waals surface area (Å²) in [4.78, 5) is 86.8. The molecule has 0 amide bonds. The minimum Gasteiger partial charge on any atom is -0.549 e. The van der Waals surface area contributed by atoms with Gasteiger partial charge in [-0.05, 0) is 0 Å². The molecule has 0 saturated carbocycles. The quantitative estimate of drug-likeness (QED) is 0.0924. The molecule has 228 valence electrons. The third-order valence-electron chi connectivity index (χ3n) is 4.29. The molecule has 0 saturated heterocycles. The van der Waals surface area contributed by atoms with Crippen LogP contribution in [0.15, 0.2) is 0 Å². The zero-order valence-corrected chi connectivity index (χ0v) is 44.8. The van der Waals surface area contributed by atoms with Crippen molar-refractivity contribution >= 4 is 47.8 Å². The maximum atomic E-state index is 10.4. The van der Waals surface area contributed by atoms with E-state index in [9.17, 15) is 79.2 Å². The van der Waals surface area contributed by atoms with Crippen molar-refractivity contribution in [1.29, 1.82) is 0 Å². The van der Waals surface area contributed by atoms with Gasteiger partial charge in [-0.3, -0.25) is 19.6 Å². The zero-order valence-electron chi connectivity index (χ0n) is 28.8. The summed E-state index contributed by atoms with van der Waals surface area (Å²) in [5.74, 6) is -12.2. The Labute approximate surface area is 453 Å². The maximum absolute atomic E-state index is 10.4. The van der Waals surface area contributed by atoms with Crippen LogP contribution in [-0.4, -0.2) is 146 Å². The van der Waals surface area contributed by atoms with E-state index in [2.05, 4.69) is 0 Å². The fourth-order valence-electron chi connectivity index (χ4n) is 2.88. The van der Waals surface area contributed by atoms with Crippen molar-refractivity contribution in [2.45, 2.75) is 0 Å². The van der Waals surface area contributed by atoms with Crippen LogP contribution in [0.1, 0.15) is 0 Å². The van der Waals surface area contributed by atoms with E-state index in [1.54, 1.807) is 0 Å². The van der Waals surface area contributed by atoms with Crippen molar-refractivity contribution in [3.63, 3.8) is 0 Å². The molecule has 0 aliphatic rings. The SMILES string of the molecule is O=C([O-])CN(CCN(CC(=O)[O-])CC(=O)[O-])CC(=O)[O-].O=C([O-])CN(CCN(CC(=O)[O-])CC(=O)[O-])CC(=O)[O-].[Na+].[Na+].[Na+].[Na+].[Na+].[Na+].[Na+].[Na+]. The summed E-state index contributed by atoms with van der Waals surface area (Å²) in [6.07, 6.45) is 0. The van der Waals surface area contributed by atoms with Gasteiger partial charge in [-0.25, -0.2) is 0 Å². The van der Waals surface area contributed by atoms with Gasteiger partial charge < -0.3 is 79.2 Å². The predicted molar refractivity (Wildman–Crippen MR) is 106 cm³/mol. The Balaban J connectivity index is -0.0000000645. The Hall–Kier alpha value is 3.60. The van der Waals surface area contributed by atoms with Crippen LogP contribution in [0.3, 0.4) is 0 Å².